The average Bonchev–Trinajstić information content (AvgIpc) is 3.50. The van der Waals surface area contributed by atoms with Crippen LogP contribution in [-0.4, -0.2) is 44.0 Å². The van der Waals surface area contributed by atoms with Crippen LogP contribution >= 0.6 is 0 Å². The maximum absolute atomic E-state index is 10.9. The van der Waals surface area contributed by atoms with Gasteiger partial charge in [-0.2, -0.15) is 9.61 Å². The Labute approximate surface area is 239 Å². The molecule has 4 aromatic heterocycles. The SMILES string of the molecule is CCN(CC(=O)[O-])c1ccc(/C=C/C=c2/c(C(C)(C)C)nn3c(-c4cc(C)on4)nnc23)o1.[K+]. The van der Waals surface area contributed by atoms with Gasteiger partial charge in [-0.3, -0.25) is 0 Å². The normalized spacial score (nSPS) is 12.6. The molecule has 0 aliphatic rings. The minimum atomic E-state index is -1.16. The monoisotopic (exact) mass is 488 g/mol. The van der Waals surface area contributed by atoms with Crippen LogP contribution in [0.1, 0.15) is 44.9 Å². The second-order valence-corrected chi connectivity index (χ2v) is 8.68. The summed E-state index contributed by atoms with van der Waals surface area (Å²) in [5.74, 6) is 1.09. The van der Waals surface area contributed by atoms with Crippen molar-refractivity contribution >= 4 is 29.7 Å². The van der Waals surface area contributed by atoms with E-state index in [1.165, 1.54) is 0 Å². The molecule has 0 atom stereocenters. The van der Waals surface area contributed by atoms with Crippen molar-refractivity contribution in [2.24, 2.45) is 0 Å². The third kappa shape index (κ3) is 5.49. The van der Waals surface area contributed by atoms with Crippen molar-refractivity contribution in [3.8, 4) is 11.5 Å². The van der Waals surface area contributed by atoms with Gasteiger partial charge in [-0.05, 0) is 32.1 Å². The van der Waals surface area contributed by atoms with Crippen molar-refractivity contribution in [1.82, 2.24) is 25.0 Å². The Morgan fingerprint density at radius 2 is 2.03 bits per heavy atom. The van der Waals surface area contributed by atoms with Gasteiger partial charge in [0.25, 0.3) is 0 Å². The smallest absolute Gasteiger partial charge is 0.548 e. The molecular weight excluding hydrogens is 463 g/mol. The number of carbonyl (C=O) groups excluding carboxylic acids is 1. The summed E-state index contributed by atoms with van der Waals surface area (Å²) >= 11 is 0. The van der Waals surface area contributed by atoms with Gasteiger partial charge in [-0.15, -0.1) is 10.2 Å². The minimum absolute atomic E-state index is 0. The molecule has 4 heterocycles. The Morgan fingerprint density at radius 1 is 1.26 bits per heavy atom. The molecule has 0 bridgehead atoms. The van der Waals surface area contributed by atoms with Gasteiger partial charge in [0.05, 0.1) is 18.2 Å². The van der Waals surface area contributed by atoms with E-state index in [1.807, 2.05) is 26.0 Å². The van der Waals surface area contributed by atoms with Crippen LogP contribution < -0.4 is 66.6 Å². The van der Waals surface area contributed by atoms with Gasteiger partial charge in [0.15, 0.2) is 17.2 Å². The number of aromatic nitrogens is 5. The number of hydrogen-bond donors (Lipinski definition) is 0. The van der Waals surface area contributed by atoms with Crippen LogP contribution in [-0.2, 0) is 10.2 Å². The average molecular weight is 489 g/mol. The number of aliphatic carboxylic acids is 1. The molecular formula is C23H25KN6O4. The summed E-state index contributed by atoms with van der Waals surface area (Å²) in [6.07, 6.45) is 5.56. The molecule has 10 nitrogen and oxygen atoms in total. The van der Waals surface area contributed by atoms with Crippen molar-refractivity contribution < 1.29 is 70.2 Å². The predicted octanol–water partition coefficient (Wildman–Crippen LogP) is -1.23. The number of allylic oxidation sites excluding steroid dienone is 1. The van der Waals surface area contributed by atoms with Crippen molar-refractivity contribution in [3.05, 3.63) is 46.7 Å². The number of rotatable bonds is 7. The van der Waals surface area contributed by atoms with Crippen LogP contribution in [0.15, 0.2) is 33.2 Å². The summed E-state index contributed by atoms with van der Waals surface area (Å²) in [5, 5.41) is 29.2. The Balaban J connectivity index is 0.00000324. The van der Waals surface area contributed by atoms with E-state index in [0.29, 0.717) is 41.1 Å². The number of aryl methyl sites for hydroxylation is 1. The fourth-order valence-electron chi connectivity index (χ4n) is 3.48. The summed E-state index contributed by atoms with van der Waals surface area (Å²) in [5.41, 5.74) is 1.82. The Bertz CT molecular complexity index is 1380. The van der Waals surface area contributed by atoms with Gasteiger partial charge >= 0.3 is 51.4 Å². The molecule has 0 aromatic carbocycles. The minimum Gasteiger partial charge on any atom is -0.548 e. The van der Waals surface area contributed by atoms with Gasteiger partial charge in [-0.25, -0.2) is 0 Å². The third-order valence-corrected chi connectivity index (χ3v) is 5.05. The van der Waals surface area contributed by atoms with E-state index < -0.39 is 5.97 Å². The standard InChI is InChI=1S/C23H26N6O4.K/c1-6-28(13-19(30)31)18-11-10-15(32-18)8-7-9-16-20(23(3,4)5)26-29-21(16)24-25-22(29)17-12-14(2)33-27-17;/h7-12H,6,13H2,1-5H3,(H,30,31);/q;+1/p-1/b8-7+,16-9-;. The topological polar surface area (TPSA) is 126 Å². The molecule has 0 saturated heterocycles. The van der Waals surface area contributed by atoms with Crippen molar-refractivity contribution in [2.75, 3.05) is 18.0 Å². The van der Waals surface area contributed by atoms with E-state index in [1.54, 1.807) is 33.7 Å². The molecule has 34 heavy (non-hydrogen) atoms. The molecule has 0 unspecified atom stereocenters. The second-order valence-electron chi connectivity index (χ2n) is 8.68. The van der Waals surface area contributed by atoms with Crippen molar-refractivity contribution in [1.29, 1.82) is 0 Å². The summed E-state index contributed by atoms with van der Waals surface area (Å²) in [6.45, 7) is 10.2. The first-order valence-electron chi connectivity index (χ1n) is 10.6. The molecule has 0 fully saturated rings. The van der Waals surface area contributed by atoms with E-state index >= 15 is 0 Å². The molecule has 0 aliphatic heterocycles. The van der Waals surface area contributed by atoms with Crippen molar-refractivity contribution in [2.45, 2.75) is 40.0 Å². The Kier molecular flexibility index (Phi) is 8.14. The van der Waals surface area contributed by atoms with Gasteiger partial charge in [0.1, 0.15) is 11.5 Å². The molecule has 0 spiro atoms. The third-order valence-electron chi connectivity index (χ3n) is 5.05. The molecule has 0 amide bonds. The number of fused-ring (bicyclic) bond motifs is 1. The number of nitrogens with zero attached hydrogens (tertiary/aromatic N) is 6. The fourth-order valence-corrected chi connectivity index (χ4v) is 3.48. The first-order valence-corrected chi connectivity index (χ1v) is 10.6. The maximum atomic E-state index is 10.9. The number of anilines is 1. The number of likely N-dealkylation sites (N-methyl/N-ethyl adjacent to an activating group) is 1. The molecule has 4 rings (SSSR count). The molecule has 0 saturated carbocycles. The summed E-state index contributed by atoms with van der Waals surface area (Å²) in [6, 6.07) is 5.31. The maximum Gasteiger partial charge on any atom is 1.00 e. The van der Waals surface area contributed by atoms with E-state index in [0.717, 1.165) is 10.9 Å². The van der Waals surface area contributed by atoms with E-state index in [2.05, 4.69) is 36.1 Å². The zero-order valence-electron chi connectivity index (χ0n) is 20.2. The van der Waals surface area contributed by atoms with Crippen LogP contribution in [0.2, 0.25) is 0 Å². The van der Waals surface area contributed by atoms with Gasteiger partial charge in [-0.1, -0.05) is 32.0 Å². The molecule has 0 N–H and O–H groups in total. The van der Waals surface area contributed by atoms with Gasteiger partial charge in [0.2, 0.25) is 5.82 Å². The molecule has 4 aromatic rings. The van der Waals surface area contributed by atoms with E-state index in [-0.39, 0.29) is 63.3 Å². The number of carboxylic acids is 1. The molecule has 0 aliphatic carbocycles. The summed E-state index contributed by atoms with van der Waals surface area (Å²) in [7, 11) is 0. The first kappa shape index (κ1) is 26.3. The quantitative estimate of drug-likeness (QED) is 0.294. The van der Waals surface area contributed by atoms with Crippen molar-refractivity contribution in [3.63, 3.8) is 0 Å². The number of furan rings is 1. The number of hydrogen-bond acceptors (Lipinski definition) is 9. The van der Waals surface area contributed by atoms with E-state index in [4.69, 9.17) is 14.0 Å². The zero-order chi connectivity index (χ0) is 23.8. The first-order chi connectivity index (χ1) is 15.7. The Morgan fingerprint density at radius 3 is 2.65 bits per heavy atom. The van der Waals surface area contributed by atoms with E-state index in [9.17, 15) is 9.90 Å². The van der Waals surface area contributed by atoms with Crippen LogP contribution in [0, 0.1) is 6.92 Å². The predicted molar refractivity (Wildman–Crippen MR) is 120 cm³/mol. The van der Waals surface area contributed by atoms with Crippen LogP contribution in [0.5, 0.6) is 0 Å². The van der Waals surface area contributed by atoms with Crippen LogP contribution in [0.4, 0.5) is 5.88 Å². The summed E-state index contributed by atoms with van der Waals surface area (Å²) in [4.78, 5) is 12.5. The molecule has 11 heteroatoms. The van der Waals surface area contributed by atoms with Crippen LogP contribution in [0.25, 0.3) is 29.3 Å². The van der Waals surface area contributed by atoms with Gasteiger partial charge in [0, 0.05) is 29.3 Å². The zero-order valence-corrected chi connectivity index (χ0v) is 23.3. The second kappa shape index (κ2) is 10.5. The largest absolute Gasteiger partial charge is 1.00 e. The molecule has 172 valence electrons. The van der Waals surface area contributed by atoms with Crippen LogP contribution in [0.3, 0.4) is 0 Å². The number of carbonyl (C=O) groups is 1. The number of carboxylic acid groups (broad SMARTS) is 1. The summed E-state index contributed by atoms with van der Waals surface area (Å²) < 4.78 is 12.6. The van der Waals surface area contributed by atoms with Gasteiger partial charge < -0.3 is 23.7 Å². The molecule has 0 radical (unpaired) electrons. The Hall–Kier alpha value is -2.31. The fraction of sp³-hybridized carbons (Fsp3) is 0.348.